The molecule has 3 N–H and O–H groups in total. The summed E-state index contributed by atoms with van der Waals surface area (Å²) in [6.45, 7) is 0.441. The normalized spacial score (nSPS) is 17.4. The van der Waals surface area contributed by atoms with Gasteiger partial charge in [0.2, 0.25) is 0 Å². The summed E-state index contributed by atoms with van der Waals surface area (Å²) < 4.78 is 0. The smallest absolute Gasteiger partial charge is 0.315 e. The van der Waals surface area contributed by atoms with Gasteiger partial charge in [-0.1, -0.05) is 30.3 Å². The molecule has 1 aliphatic carbocycles. The summed E-state index contributed by atoms with van der Waals surface area (Å²) in [5.74, 6) is -0.0423. The van der Waals surface area contributed by atoms with Gasteiger partial charge in [-0.2, -0.15) is 0 Å². The number of hydrogen-bond donors (Lipinski definition) is 3. The number of aromatic nitrogens is 1. The number of carbonyl (C=O) groups excluding carboxylic acids is 1. The van der Waals surface area contributed by atoms with E-state index in [9.17, 15) is 9.90 Å². The fourth-order valence-corrected chi connectivity index (χ4v) is 3.37. The highest BCUT2D eigenvalue weighted by atomic mass is 16.3. The van der Waals surface area contributed by atoms with Gasteiger partial charge in [0, 0.05) is 31.0 Å². The molecule has 0 aliphatic heterocycles. The zero-order valence-electron chi connectivity index (χ0n) is 14.3. The number of pyridine rings is 1. The van der Waals surface area contributed by atoms with Crippen LogP contribution in [0, 0.1) is 5.92 Å². The van der Waals surface area contributed by atoms with Gasteiger partial charge in [-0.05, 0) is 48.9 Å². The minimum atomic E-state index is -0.179. The highest BCUT2D eigenvalue weighted by molar-refractivity contribution is 5.74. The van der Waals surface area contributed by atoms with E-state index in [2.05, 4.69) is 27.8 Å². The van der Waals surface area contributed by atoms with E-state index in [1.807, 2.05) is 30.3 Å². The third kappa shape index (κ3) is 4.79. The summed E-state index contributed by atoms with van der Waals surface area (Å²) in [6.07, 6.45) is 5.50. The maximum atomic E-state index is 12.3. The zero-order valence-corrected chi connectivity index (χ0v) is 14.3. The summed E-state index contributed by atoms with van der Waals surface area (Å²) in [4.78, 5) is 16.5. The Balaban J connectivity index is 1.51. The van der Waals surface area contributed by atoms with Crippen molar-refractivity contribution in [2.45, 2.75) is 31.7 Å². The van der Waals surface area contributed by atoms with Crippen LogP contribution in [-0.2, 0) is 12.8 Å². The number of amides is 2. The lowest BCUT2D eigenvalue weighted by Crippen LogP contribution is -2.41. The molecule has 1 heterocycles. The van der Waals surface area contributed by atoms with Crippen molar-refractivity contribution in [2.75, 3.05) is 13.2 Å². The first-order valence-electron chi connectivity index (χ1n) is 8.89. The highest BCUT2D eigenvalue weighted by Gasteiger charge is 2.21. The van der Waals surface area contributed by atoms with Crippen LogP contribution in [0.15, 0.2) is 48.7 Å². The maximum Gasteiger partial charge on any atom is 0.315 e. The third-order valence-electron chi connectivity index (χ3n) is 4.71. The molecule has 0 saturated carbocycles. The van der Waals surface area contributed by atoms with Gasteiger partial charge in [0.05, 0.1) is 6.04 Å². The molecule has 0 spiro atoms. The van der Waals surface area contributed by atoms with Gasteiger partial charge in [-0.15, -0.1) is 0 Å². The van der Waals surface area contributed by atoms with E-state index in [4.69, 9.17) is 0 Å². The summed E-state index contributed by atoms with van der Waals surface area (Å²) in [7, 11) is 0. The van der Waals surface area contributed by atoms with Crippen LogP contribution in [-0.4, -0.2) is 29.3 Å². The van der Waals surface area contributed by atoms with Crippen molar-refractivity contribution in [1.82, 2.24) is 15.6 Å². The summed E-state index contributed by atoms with van der Waals surface area (Å²) in [6, 6.07) is 13.9. The van der Waals surface area contributed by atoms with Gasteiger partial charge < -0.3 is 15.7 Å². The van der Waals surface area contributed by atoms with Crippen LogP contribution in [0.25, 0.3) is 0 Å². The van der Waals surface area contributed by atoms with E-state index < -0.39 is 0 Å². The second-order valence-electron chi connectivity index (χ2n) is 6.57. The van der Waals surface area contributed by atoms with Crippen LogP contribution in [0.2, 0.25) is 0 Å². The molecule has 2 atom stereocenters. The molecule has 0 fully saturated rings. The lowest BCUT2D eigenvalue weighted by atomic mass is 9.88. The molecule has 3 rings (SSSR count). The molecule has 0 saturated heterocycles. The number of nitrogens with one attached hydrogen (secondary N) is 2. The van der Waals surface area contributed by atoms with E-state index >= 15 is 0 Å². The minimum absolute atomic E-state index is 0.0170. The predicted octanol–water partition coefficient (Wildman–Crippen LogP) is 2.61. The Morgan fingerprint density at radius 2 is 2.08 bits per heavy atom. The molecule has 2 aromatic rings. The maximum absolute atomic E-state index is 12.3. The number of rotatable bonds is 6. The second kappa shape index (κ2) is 8.62. The number of aliphatic hydroxyl groups excluding tert-OH is 1. The Kier molecular flexibility index (Phi) is 6.01. The van der Waals surface area contributed by atoms with Gasteiger partial charge in [0.15, 0.2) is 0 Å². The Hall–Kier alpha value is -2.40. The zero-order chi connectivity index (χ0) is 17.5. The van der Waals surface area contributed by atoms with Crippen LogP contribution < -0.4 is 10.6 Å². The number of carbonyl (C=O) groups is 1. The van der Waals surface area contributed by atoms with Crippen molar-refractivity contribution >= 4 is 6.03 Å². The first-order chi connectivity index (χ1) is 12.3. The van der Waals surface area contributed by atoms with Crippen LogP contribution >= 0.6 is 0 Å². The molecule has 2 amide bonds. The molecule has 0 radical (unpaired) electrons. The van der Waals surface area contributed by atoms with Crippen LogP contribution in [0.1, 0.15) is 35.7 Å². The first-order valence-corrected chi connectivity index (χ1v) is 8.89. The monoisotopic (exact) mass is 339 g/mol. The molecular formula is C20H25N3O2. The molecule has 132 valence electrons. The number of fused-ring (bicyclic) bond motifs is 1. The molecule has 1 aliphatic rings. The van der Waals surface area contributed by atoms with Gasteiger partial charge in [0.25, 0.3) is 0 Å². The van der Waals surface area contributed by atoms with Gasteiger partial charge in [-0.3, -0.25) is 4.98 Å². The van der Waals surface area contributed by atoms with Crippen molar-refractivity contribution in [3.8, 4) is 0 Å². The van der Waals surface area contributed by atoms with E-state index in [0.29, 0.717) is 13.0 Å². The molecular weight excluding hydrogens is 314 g/mol. The standard InChI is InChI=1S/C20H25N3O2/c24-14-15(12-17-8-3-4-11-21-17)13-22-20(25)23-19-10-5-7-16-6-1-2-9-18(16)19/h1-4,6,8-9,11,15,19,24H,5,7,10,12-14H2,(H2,22,23,25). The van der Waals surface area contributed by atoms with E-state index in [-0.39, 0.29) is 24.6 Å². The average molecular weight is 339 g/mol. The second-order valence-corrected chi connectivity index (χ2v) is 6.57. The van der Waals surface area contributed by atoms with Crippen molar-refractivity contribution in [1.29, 1.82) is 0 Å². The van der Waals surface area contributed by atoms with Gasteiger partial charge >= 0.3 is 6.03 Å². The molecule has 0 bridgehead atoms. The SMILES string of the molecule is O=C(NCC(CO)Cc1ccccn1)NC1CCCc2ccccc21. The van der Waals surface area contributed by atoms with E-state index in [1.54, 1.807) is 6.20 Å². The van der Waals surface area contributed by atoms with E-state index in [0.717, 1.165) is 25.0 Å². The largest absolute Gasteiger partial charge is 0.396 e. The Bertz CT molecular complexity index is 690. The molecule has 5 nitrogen and oxygen atoms in total. The number of urea groups is 1. The van der Waals surface area contributed by atoms with Crippen LogP contribution in [0.5, 0.6) is 0 Å². The Morgan fingerprint density at radius 1 is 1.24 bits per heavy atom. The lowest BCUT2D eigenvalue weighted by molar-refractivity contribution is 0.211. The topological polar surface area (TPSA) is 74.2 Å². The minimum Gasteiger partial charge on any atom is -0.396 e. The predicted molar refractivity (Wildman–Crippen MR) is 97.2 cm³/mol. The fourth-order valence-electron chi connectivity index (χ4n) is 3.37. The quantitative estimate of drug-likeness (QED) is 0.757. The van der Waals surface area contributed by atoms with Gasteiger partial charge in [-0.25, -0.2) is 4.79 Å². The lowest BCUT2D eigenvalue weighted by Gasteiger charge is -2.26. The number of aliphatic hydroxyl groups is 1. The summed E-state index contributed by atoms with van der Waals surface area (Å²) >= 11 is 0. The number of benzene rings is 1. The molecule has 5 heteroatoms. The van der Waals surface area contributed by atoms with E-state index in [1.165, 1.54) is 11.1 Å². The number of nitrogens with zero attached hydrogens (tertiary/aromatic N) is 1. The van der Waals surface area contributed by atoms with Crippen LogP contribution in [0.4, 0.5) is 4.79 Å². The first kappa shape index (κ1) is 17.4. The fraction of sp³-hybridized carbons (Fsp3) is 0.400. The van der Waals surface area contributed by atoms with Crippen molar-refractivity contribution < 1.29 is 9.90 Å². The Morgan fingerprint density at radius 3 is 2.88 bits per heavy atom. The summed E-state index contributed by atoms with van der Waals surface area (Å²) in [5, 5.41) is 15.5. The van der Waals surface area contributed by atoms with Crippen LogP contribution in [0.3, 0.4) is 0 Å². The third-order valence-corrected chi connectivity index (χ3v) is 4.71. The van der Waals surface area contributed by atoms with Crippen molar-refractivity contribution in [3.05, 3.63) is 65.5 Å². The van der Waals surface area contributed by atoms with Crippen molar-refractivity contribution in [3.63, 3.8) is 0 Å². The molecule has 1 aromatic heterocycles. The Labute approximate surface area is 148 Å². The van der Waals surface area contributed by atoms with Crippen molar-refractivity contribution in [2.24, 2.45) is 5.92 Å². The molecule has 25 heavy (non-hydrogen) atoms. The average Bonchev–Trinajstić information content (AvgIpc) is 2.66. The molecule has 1 aromatic carbocycles. The highest BCUT2D eigenvalue weighted by Crippen LogP contribution is 2.29. The molecule has 2 unspecified atom stereocenters. The number of hydrogen-bond acceptors (Lipinski definition) is 3. The summed E-state index contributed by atoms with van der Waals surface area (Å²) in [5.41, 5.74) is 3.46. The number of aryl methyl sites for hydroxylation is 1. The van der Waals surface area contributed by atoms with Gasteiger partial charge in [0.1, 0.15) is 0 Å².